The van der Waals surface area contributed by atoms with E-state index in [1.54, 1.807) is 30.3 Å². The number of ether oxygens (including phenoxy) is 1. The molecule has 0 unspecified atom stereocenters. The van der Waals surface area contributed by atoms with E-state index in [0.29, 0.717) is 31.6 Å². The highest BCUT2D eigenvalue weighted by molar-refractivity contribution is 6.05. The number of aromatic amines is 2. The Bertz CT molecular complexity index is 2130. The van der Waals surface area contributed by atoms with E-state index in [-0.39, 0.29) is 59.9 Å². The van der Waals surface area contributed by atoms with Crippen molar-refractivity contribution >= 4 is 23.5 Å². The molecule has 8 N–H and O–H groups in total. The monoisotopic (exact) mass is 747 g/mol. The van der Waals surface area contributed by atoms with E-state index in [1.165, 1.54) is 25.3 Å². The van der Waals surface area contributed by atoms with Crippen LogP contribution in [0.25, 0.3) is 6.08 Å². The molecule has 11 heteroatoms. The number of hydrogen-bond acceptors (Lipinski definition) is 9. The summed E-state index contributed by atoms with van der Waals surface area (Å²) in [6, 6.07) is 20.8. The van der Waals surface area contributed by atoms with Gasteiger partial charge in [-0.15, -0.1) is 0 Å². The highest BCUT2D eigenvalue weighted by Gasteiger charge is 2.41. The van der Waals surface area contributed by atoms with E-state index in [1.807, 2.05) is 42.7 Å². The number of aliphatic hydroxyl groups excluding tert-OH is 1. The molecule has 2 aromatic heterocycles. The number of aliphatic hydroxyl groups is 1. The van der Waals surface area contributed by atoms with Crippen molar-refractivity contribution in [3.05, 3.63) is 124 Å². The molecule has 55 heavy (non-hydrogen) atoms. The molecule has 2 heterocycles. The van der Waals surface area contributed by atoms with Gasteiger partial charge in [-0.3, -0.25) is 9.59 Å². The number of aromatic nitrogens is 2. The molecule has 0 bridgehead atoms. The van der Waals surface area contributed by atoms with Crippen molar-refractivity contribution in [1.82, 2.24) is 9.97 Å². The Labute approximate surface area is 320 Å². The minimum absolute atomic E-state index is 0.000612. The second-order valence-electron chi connectivity index (χ2n) is 14.2. The standard InChI is InChI=1S/C44H49N3O8/c1-55-41-24-28(10-14-39(41)52)9-12-37(50)35(17-20-48)43(54)42-31(26-47-44-30(15-18-46-44)21-29-11-13-38(51)40(53)23-29)25-36-33(16-19-45-36)34(42)8-3-2-5-27-6-4-7-32(49)22-27/h4,6-7,10-11,13-16,18-19,22-25,34-35,42,45-49,51-53H,2-3,5,8-9,12,17,20-21,26H2,1H3/t34-,35+,42+/m0/s1. The zero-order valence-electron chi connectivity index (χ0n) is 30.9. The van der Waals surface area contributed by atoms with E-state index in [9.17, 15) is 35.1 Å². The van der Waals surface area contributed by atoms with Crippen LogP contribution in [0.3, 0.4) is 0 Å². The number of aromatic hydroxyl groups is 4. The number of carbonyl (C=O) groups excluding carboxylic acids is 2. The second-order valence-corrected chi connectivity index (χ2v) is 14.2. The summed E-state index contributed by atoms with van der Waals surface area (Å²) in [7, 11) is 1.46. The van der Waals surface area contributed by atoms with Gasteiger partial charge in [0.2, 0.25) is 0 Å². The van der Waals surface area contributed by atoms with Gasteiger partial charge in [-0.2, -0.15) is 0 Å². The number of benzene rings is 3. The van der Waals surface area contributed by atoms with E-state index in [2.05, 4.69) is 15.3 Å². The van der Waals surface area contributed by atoms with Gasteiger partial charge in [0, 0.05) is 50.0 Å². The van der Waals surface area contributed by atoms with Crippen LogP contribution in [0.4, 0.5) is 5.82 Å². The summed E-state index contributed by atoms with van der Waals surface area (Å²) in [4.78, 5) is 35.5. The zero-order chi connectivity index (χ0) is 38.9. The number of ketones is 2. The molecule has 0 aliphatic heterocycles. The van der Waals surface area contributed by atoms with Gasteiger partial charge in [0.05, 0.1) is 13.0 Å². The quantitative estimate of drug-likeness (QED) is 0.0246. The Hall–Kier alpha value is -5.94. The van der Waals surface area contributed by atoms with Gasteiger partial charge >= 0.3 is 0 Å². The first-order valence-corrected chi connectivity index (χ1v) is 18.7. The number of aryl methyl sites for hydroxylation is 2. The van der Waals surface area contributed by atoms with Crippen LogP contribution in [0.15, 0.2) is 90.8 Å². The molecule has 5 aromatic rings. The van der Waals surface area contributed by atoms with Crippen LogP contribution in [-0.4, -0.2) is 67.3 Å². The molecule has 0 spiro atoms. The summed E-state index contributed by atoms with van der Waals surface area (Å²) in [5.74, 6) is -1.45. The van der Waals surface area contributed by atoms with Gasteiger partial charge in [-0.1, -0.05) is 30.7 Å². The van der Waals surface area contributed by atoms with Crippen molar-refractivity contribution in [2.24, 2.45) is 11.8 Å². The highest BCUT2D eigenvalue weighted by Crippen LogP contribution is 2.44. The van der Waals surface area contributed by atoms with Crippen LogP contribution >= 0.6 is 0 Å². The first kappa shape index (κ1) is 38.8. The Morgan fingerprint density at radius 2 is 1.62 bits per heavy atom. The molecule has 0 fully saturated rings. The summed E-state index contributed by atoms with van der Waals surface area (Å²) >= 11 is 0. The molecule has 0 saturated heterocycles. The minimum atomic E-state index is -1.02. The van der Waals surface area contributed by atoms with Gasteiger partial charge < -0.3 is 45.6 Å². The maximum absolute atomic E-state index is 14.9. The van der Waals surface area contributed by atoms with Crippen LogP contribution < -0.4 is 10.1 Å². The van der Waals surface area contributed by atoms with E-state index in [0.717, 1.165) is 64.2 Å². The Balaban J connectivity index is 1.25. The van der Waals surface area contributed by atoms with E-state index < -0.39 is 11.8 Å². The average molecular weight is 748 g/mol. The lowest BCUT2D eigenvalue weighted by Gasteiger charge is -2.34. The number of carbonyl (C=O) groups is 2. The van der Waals surface area contributed by atoms with Crippen molar-refractivity contribution in [2.45, 2.75) is 57.3 Å². The fourth-order valence-electron chi connectivity index (χ4n) is 7.76. The number of fused-ring (bicyclic) bond motifs is 1. The summed E-state index contributed by atoms with van der Waals surface area (Å²) in [6.45, 7) is -0.0157. The lowest BCUT2D eigenvalue weighted by molar-refractivity contribution is -0.135. The molecule has 1 aliphatic rings. The van der Waals surface area contributed by atoms with Crippen LogP contribution in [0.5, 0.6) is 28.7 Å². The topological polar surface area (TPSA) is 188 Å². The Kier molecular flexibility index (Phi) is 12.6. The van der Waals surface area contributed by atoms with Crippen LogP contribution in [0.2, 0.25) is 0 Å². The van der Waals surface area contributed by atoms with Crippen LogP contribution in [-0.2, 0) is 28.9 Å². The molecule has 6 rings (SSSR count). The summed E-state index contributed by atoms with van der Waals surface area (Å²) in [5.41, 5.74) is 6.29. The Morgan fingerprint density at radius 1 is 0.836 bits per heavy atom. The number of Topliss-reactive ketones (excluding diaryl/α,β-unsaturated/α-hetero) is 2. The SMILES string of the molecule is COc1cc(CCC(=O)[C@@H](CCO)C(=O)[C@@H]2C(CNc3[nH]ccc3Cc3ccc(O)c(O)c3)=Cc3[nH]ccc3[C@@H]2CCCCc2cccc(O)c2)ccc1O. The minimum Gasteiger partial charge on any atom is -0.508 e. The predicted octanol–water partition coefficient (Wildman–Crippen LogP) is 7.16. The summed E-state index contributed by atoms with van der Waals surface area (Å²) in [5, 5.41) is 53.5. The molecule has 11 nitrogen and oxygen atoms in total. The number of H-pyrrole nitrogens is 2. The fraction of sp³-hybridized carbons (Fsp3) is 0.318. The zero-order valence-corrected chi connectivity index (χ0v) is 30.9. The second kappa shape index (κ2) is 17.9. The van der Waals surface area contributed by atoms with Gasteiger partial charge in [0.25, 0.3) is 0 Å². The number of nitrogens with one attached hydrogen (secondary N) is 3. The van der Waals surface area contributed by atoms with Gasteiger partial charge in [-0.05, 0) is 126 Å². The largest absolute Gasteiger partial charge is 0.508 e. The van der Waals surface area contributed by atoms with Crippen molar-refractivity contribution < 1.29 is 39.9 Å². The smallest absolute Gasteiger partial charge is 0.160 e. The number of unbranched alkanes of at least 4 members (excludes halogenated alkanes) is 1. The molecule has 288 valence electrons. The molecular weight excluding hydrogens is 698 g/mol. The lowest BCUT2D eigenvalue weighted by Crippen LogP contribution is -2.37. The number of phenols is 4. The van der Waals surface area contributed by atoms with Crippen molar-refractivity contribution in [2.75, 3.05) is 25.6 Å². The van der Waals surface area contributed by atoms with E-state index in [4.69, 9.17) is 4.74 Å². The van der Waals surface area contributed by atoms with Crippen molar-refractivity contribution in [3.63, 3.8) is 0 Å². The number of anilines is 1. The number of methoxy groups -OCH3 is 1. The lowest BCUT2D eigenvalue weighted by atomic mass is 9.69. The normalized spacial score (nSPS) is 15.6. The van der Waals surface area contributed by atoms with Gasteiger partial charge in [-0.25, -0.2) is 0 Å². The number of phenolic OH excluding ortho intramolecular Hbond substituents is 4. The summed E-state index contributed by atoms with van der Waals surface area (Å²) < 4.78 is 5.24. The van der Waals surface area contributed by atoms with Gasteiger partial charge in [0.1, 0.15) is 17.4 Å². The van der Waals surface area contributed by atoms with E-state index >= 15 is 0 Å². The first-order chi connectivity index (χ1) is 26.6. The molecule has 1 aliphatic carbocycles. The maximum Gasteiger partial charge on any atom is 0.160 e. The van der Waals surface area contributed by atoms with Crippen LogP contribution in [0.1, 0.15) is 71.5 Å². The number of rotatable bonds is 19. The average Bonchev–Trinajstić information content (AvgIpc) is 3.84. The third kappa shape index (κ3) is 9.42. The van der Waals surface area contributed by atoms with Gasteiger partial charge in [0.15, 0.2) is 28.8 Å². The molecule has 0 amide bonds. The Morgan fingerprint density at radius 3 is 2.40 bits per heavy atom. The third-order valence-electron chi connectivity index (χ3n) is 10.6. The first-order valence-electron chi connectivity index (χ1n) is 18.7. The molecular formula is C44H49N3O8. The third-order valence-corrected chi connectivity index (χ3v) is 10.6. The van der Waals surface area contributed by atoms with Crippen LogP contribution in [0, 0.1) is 11.8 Å². The molecule has 0 radical (unpaired) electrons. The van der Waals surface area contributed by atoms with Crippen molar-refractivity contribution in [3.8, 4) is 28.7 Å². The number of hydrogen-bond donors (Lipinski definition) is 8. The fourth-order valence-corrected chi connectivity index (χ4v) is 7.76. The molecule has 3 atom stereocenters. The molecule has 3 aromatic carbocycles. The maximum atomic E-state index is 14.9. The highest BCUT2D eigenvalue weighted by atomic mass is 16.5. The van der Waals surface area contributed by atoms with Crippen molar-refractivity contribution in [1.29, 1.82) is 0 Å². The molecule has 0 saturated carbocycles. The predicted molar refractivity (Wildman–Crippen MR) is 211 cm³/mol. The summed E-state index contributed by atoms with van der Waals surface area (Å²) in [6.07, 6.45) is 9.69.